The van der Waals surface area contributed by atoms with E-state index in [-0.39, 0.29) is 10.7 Å². The minimum atomic E-state index is -3.74. The van der Waals surface area contributed by atoms with E-state index in [0.717, 1.165) is 8.95 Å². The molecule has 0 atom stereocenters. The van der Waals surface area contributed by atoms with E-state index in [4.69, 9.17) is 0 Å². The van der Waals surface area contributed by atoms with Crippen molar-refractivity contribution in [2.75, 3.05) is 5.32 Å². The Balaban J connectivity index is 2.01. The number of hydrogen-bond donors (Lipinski definition) is 1. The molecule has 1 aliphatic rings. The maximum absolute atomic E-state index is 12.4. The van der Waals surface area contributed by atoms with Gasteiger partial charge in [-0.15, -0.1) is 4.40 Å². The number of hydrogen-bond acceptors (Lipinski definition) is 4. The maximum atomic E-state index is 12.4. The monoisotopic (exact) mass is 455 g/mol. The topological polar surface area (TPSA) is 71.4 Å². The number of nitrogens with one attached hydrogen (secondary N) is 1. The standard InChI is InChI=1S/C15H11Br2N3O2S/c1-9-14(10-3-2-4-11(16)7-10)23(21,22)20-15(9)19-13-6-5-12(17)8-18-13/h2-8H,1H3,(H,18,19,20). The van der Waals surface area contributed by atoms with Crippen LogP contribution in [0.3, 0.4) is 0 Å². The largest absolute Gasteiger partial charge is 0.324 e. The quantitative estimate of drug-likeness (QED) is 0.735. The summed E-state index contributed by atoms with van der Waals surface area (Å²) >= 11 is 6.66. The van der Waals surface area contributed by atoms with Crippen LogP contribution in [-0.2, 0) is 10.0 Å². The number of amidine groups is 1. The Kier molecular flexibility index (Phi) is 4.39. The minimum absolute atomic E-state index is 0.207. The van der Waals surface area contributed by atoms with Crippen LogP contribution in [0.2, 0.25) is 0 Å². The van der Waals surface area contributed by atoms with Gasteiger partial charge in [0.15, 0.2) is 0 Å². The fourth-order valence-corrected chi connectivity index (χ4v) is 4.27. The Bertz CT molecular complexity index is 935. The molecule has 3 rings (SSSR count). The van der Waals surface area contributed by atoms with Crippen molar-refractivity contribution in [2.45, 2.75) is 6.92 Å². The van der Waals surface area contributed by atoms with Crippen LogP contribution in [-0.4, -0.2) is 19.2 Å². The van der Waals surface area contributed by atoms with Crippen molar-refractivity contribution in [1.29, 1.82) is 0 Å². The van der Waals surface area contributed by atoms with Gasteiger partial charge in [0.1, 0.15) is 16.6 Å². The molecule has 8 heteroatoms. The molecule has 1 aromatic carbocycles. The lowest BCUT2D eigenvalue weighted by molar-refractivity contribution is 0.608. The zero-order valence-corrected chi connectivity index (χ0v) is 15.9. The highest BCUT2D eigenvalue weighted by atomic mass is 79.9. The van der Waals surface area contributed by atoms with Crippen LogP contribution in [0, 0.1) is 0 Å². The second kappa shape index (κ2) is 6.18. The van der Waals surface area contributed by atoms with E-state index in [2.05, 4.69) is 46.6 Å². The summed E-state index contributed by atoms with van der Waals surface area (Å²) in [6, 6.07) is 10.7. The molecule has 0 saturated carbocycles. The first-order valence-electron chi connectivity index (χ1n) is 6.57. The lowest BCUT2D eigenvalue weighted by atomic mass is 10.1. The zero-order chi connectivity index (χ0) is 16.6. The van der Waals surface area contributed by atoms with E-state index in [0.29, 0.717) is 17.0 Å². The van der Waals surface area contributed by atoms with Crippen molar-refractivity contribution in [1.82, 2.24) is 4.98 Å². The fourth-order valence-electron chi connectivity index (χ4n) is 2.22. The van der Waals surface area contributed by atoms with Crippen LogP contribution in [0.5, 0.6) is 0 Å². The zero-order valence-electron chi connectivity index (χ0n) is 11.9. The predicted molar refractivity (Wildman–Crippen MR) is 98.7 cm³/mol. The predicted octanol–water partition coefficient (Wildman–Crippen LogP) is 4.19. The molecule has 0 fully saturated rings. The molecule has 5 nitrogen and oxygen atoms in total. The third-order valence-electron chi connectivity index (χ3n) is 3.23. The third-order valence-corrected chi connectivity index (χ3v) is 5.67. The van der Waals surface area contributed by atoms with E-state index in [1.54, 1.807) is 37.4 Å². The Labute approximate surface area is 150 Å². The van der Waals surface area contributed by atoms with Gasteiger partial charge < -0.3 is 5.32 Å². The van der Waals surface area contributed by atoms with E-state index < -0.39 is 10.0 Å². The highest BCUT2D eigenvalue weighted by molar-refractivity contribution is 9.10. The molecule has 1 aromatic heterocycles. The van der Waals surface area contributed by atoms with Gasteiger partial charge in [-0.1, -0.05) is 28.1 Å². The molecule has 23 heavy (non-hydrogen) atoms. The molecule has 2 aromatic rings. The van der Waals surface area contributed by atoms with Gasteiger partial charge in [-0.05, 0) is 52.7 Å². The SMILES string of the molecule is CC1=C(c2cccc(Br)c2)S(=O)(=O)N=C1Nc1ccc(Br)cn1. The lowest BCUT2D eigenvalue weighted by Gasteiger charge is -2.06. The number of nitrogens with zero attached hydrogens (tertiary/aromatic N) is 2. The van der Waals surface area contributed by atoms with Gasteiger partial charge in [0.25, 0.3) is 10.0 Å². The average molecular weight is 457 g/mol. The fraction of sp³-hybridized carbons (Fsp3) is 0.0667. The van der Waals surface area contributed by atoms with Crippen molar-refractivity contribution >= 4 is 58.4 Å². The number of halogens is 2. The van der Waals surface area contributed by atoms with Crippen molar-refractivity contribution in [3.63, 3.8) is 0 Å². The lowest BCUT2D eigenvalue weighted by Crippen LogP contribution is -2.12. The summed E-state index contributed by atoms with van der Waals surface area (Å²) in [6.45, 7) is 1.73. The molecule has 0 bridgehead atoms. The summed E-state index contributed by atoms with van der Waals surface area (Å²) in [5.41, 5.74) is 1.16. The number of anilines is 1. The summed E-state index contributed by atoms with van der Waals surface area (Å²) in [4.78, 5) is 4.38. The molecule has 0 aliphatic carbocycles. The highest BCUT2D eigenvalue weighted by Crippen LogP contribution is 2.33. The maximum Gasteiger partial charge on any atom is 0.285 e. The van der Waals surface area contributed by atoms with Gasteiger partial charge >= 0.3 is 0 Å². The molecule has 0 radical (unpaired) electrons. The minimum Gasteiger partial charge on any atom is -0.324 e. The number of rotatable bonds is 2. The van der Waals surface area contributed by atoms with Gasteiger partial charge in [-0.2, -0.15) is 8.42 Å². The molecular weight excluding hydrogens is 446 g/mol. The molecule has 0 unspecified atom stereocenters. The Hall–Kier alpha value is -1.51. The second-order valence-corrected chi connectivity index (χ2v) is 8.24. The van der Waals surface area contributed by atoms with Gasteiger partial charge in [0.2, 0.25) is 0 Å². The number of sulfonamides is 1. The van der Waals surface area contributed by atoms with Crippen LogP contribution >= 0.6 is 31.9 Å². The first-order valence-corrected chi connectivity index (χ1v) is 9.60. The van der Waals surface area contributed by atoms with E-state index >= 15 is 0 Å². The van der Waals surface area contributed by atoms with E-state index in [1.807, 2.05) is 12.1 Å². The molecule has 2 heterocycles. The summed E-state index contributed by atoms with van der Waals surface area (Å²) in [7, 11) is -3.74. The van der Waals surface area contributed by atoms with Crippen LogP contribution in [0.25, 0.3) is 4.91 Å². The number of benzene rings is 1. The van der Waals surface area contributed by atoms with Crippen molar-refractivity contribution in [3.05, 3.63) is 62.7 Å². The Morgan fingerprint density at radius 1 is 1.09 bits per heavy atom. The van der Waals surface area contributed by atoms with Gasteiger partial charge in [-0.3, -0.25) is 0 Å². The Morgan fingerprint density at radius 2 is 1.87 bits per heavy atom. The van der Waals surface area contributed by atoms with E-state index in [1.165, 1.54) is 0 Å². The van der Waals surface area contributed by atoms with Crippen molar-refractivity contribution in [2.24, 2.45) is 4.40 Å². The summed E-state index contributed by atoms with van der Waals surface area (Å²) < 4.78 is 30.3. The number of aromatic nitrogens is 1. The van der Waals surface area contributed by atoms with Gasteiger partial charge in [0.05, 0.1) is 0 Å². The summed E-state index contributed by atoms with van der Waals surface area (Å²) in [5, 5.41) is 2.96. The smallest absolute Gasteiger partial charge is 0.285 e. The first kappa shape index (κ1) is 16.4. The molecule has 118 valence electrons. The normalized spacial score (nSPS) is 16.4. The van der Waals surface area contributed by atoms with Gasteiger partial charge in [0, 0.05) is 20.7 Å². The highest BCUT2D eigenvalue weighted by Gasteiger charge is 2.31. The molecular formula is C15H11Br2N3O2S. The van der Waals surface area contributed by atoms with Crippen LogP contribution < -0.4 is 5.32 Å². The second-order valence-electron chi connectivity index (χ2n) is 4.87. The summed E-state index contributed by atoms with van der Waals surface area (Å²) in [6.07, 6.45) is 1.63. The van der Waals surface area contributed by atoms with Crippen molar-refractivity contribution in [3.8, 4) is 0 Å². The van der Waals surface area contributed by atoms with Crippen LogP contribution in [0.1, 0.15) is 12.5 Å². The van der Waals surface area contributed by atoms with Crippen LogP contribution in [0.4, 0.5) is 5.82 Å². The third kappa shape index (κ3) is 3.39. The molecule has 1 N–H and O–H groups in total. The van der Waals surface area contributed by atoms with Gasteiger partial charge in [-0.25, -0.2) is 4.98 Å². The first-order chi connectivity index (χ1) is 10.9. The number of pyridine rings is 1. The molecule has 0 saturated heterocycles. The summed E-state index contributed by atoms with van der Waals surface area (Å²) in [5.74, 6) is 0.812. The van der Waals surface area contributed by atoms with Crippen LogP contribution in [0.15, 0.2) is 61.5 Å². The van der Waals surface area contributed by atoms with E-state index in [9.17, 15) is 8.42 Å². The molecule has 0 amide bonds. The molecule has 0 spiro atoms. The average Bonchev–Trinajstić information content (AvgIpc) is 2.70. The molecule has 1 aliphatic heterocycles. The Morgan fingerprint density at radius 3 is 2.52 bits per heavy atom. The van der Waals surface area contributed by atoms with Crippen molar-refractivity contribution < 1.29 is 8.42 Å².